The highest BCUT2D eigenvalue weighted by Crippen LogP contribution is 2.45. The number of pyridine rings is 2. The van der Waals surface area contributed by atoms with E-state index < -0.39 is 5.82 Å². The first kappa shape index (κ1) is 23.8. The van der Waals surface area contributed by atoms with E-state index in [0.29, 0.717) is 24.7 Å². The summed E-state index contributed by atoms with van der Waals surface area (Å²) in [6.45, 7) is 9.75. The van der Waals surface area contributed by atoms with Gasteiger partial charge in [0.25, 0.3) is 0 Å². The highest BCUT2D eigenvalue weighted by molar-refractivity contribution is 6.35. The largest absolute Gasteiger partial charge is 0.507 e. The number of benzene rings is 1. The highest BCUT2D eigenvalue weighted by atomic mass is 35.5. The summed E-state index contributed by atoms with van der Waals surface area (Å²) >= 11 is 6.82. The molecule has 7 nitrogen and oxygen atoms in total. The zero-order chi connectivity index (χ0) is 24.7. The van der Waals surface area contributed by atoms with E-state index in [-0.39, 0.29) is 34.0 Å². The van der Waals surface area contributed by atoms with Crippen molar-refractivity contribution in [1.82, 2.24) is 20.2 Å². The van der Waals surface area contributed by atoms with Gasteiger partial charge in [-0.3, -0.25) is 9.88 Å². The molecule has 184 valence electrons. The number of rotatable bonds is 4. The van der Waals surface area contributed by atoms with Crippen molar-refractivity contribution < 1.29 is 14.2 Å². The molecule has 0 spiro atoms. The maximum absolute atomic E-state index is 14.9. The molecule has 9 heteroatoms. The molecule has 0 unspecified atom stereocenters. The van der Waals surface area contributed by atoms with E-state index in [1.807, 2.05) is 13.0 Å². The number of nitrogens with one attached hydrogen (secondary N) is 2. The van der Waals surface area contributed by atoms with Crippen molar-refractivity contribution in [2.24, 2.45) is 0 Å². The predicted octanol–water partition coefficient (Wildman–Crippen LogP) is 4.98. The normalized spacial score (nSPS) is 17.9. The van der Waals surface area contributed by atoms with Gasteiger partial charge >= 0.3 is 0 Å². The summed E-state index contributed by atoms with van der Waals surface area (Å²) in [4.78, 5) is 11.7. The summed E-state index contributed by atoms with van der Waals surface area (Å²) < 4.78 is 21.2. The van der Waals surface area contributed by atoms with Gasteiger partial charge in [0, 0.05) is 32.4 Å². The van der Waals surface area contributed by atoms with Crippen LogP contribution in [0.2, 0.25) is 5.02 Å². The van der Waals surface area contributed by atoms with E-state index in [2.05, 4.69) is 34.4 Å². The van der Waals surface area contributed by atoms with Crippen molar-refractivity contribution in [1.29, 1.82) is 0 Å². The molecule has 0 radical (unpaired) electrons. The molecule has 1 atom stereocenters. The number of ether oxygens (including phenoxy) is 1. The van der Waals surface area contributed by atoms with Crippen molar-refractivity contribution in [3.63, 3.8) is 0 Å². The SMILES string of the molecule is Cc1ccnc(C(C)C)c1Nc1nc(-c2c(O)cccc2F)c(Cl)c2c1CN1CCNC[C@@H]1CO2. The van der Waals surface area contributed by atoms with Gasteiger partial charge in [0.1, 0.15) is 40.5 Å². The second kappa shape index (κ2) is 9.60. The number of aryl methyl sites for hydroxylation is 1. The lowest BCUT2D eigenvalue weighted by atomic mass is 10.0. The number of aromatic hydroxyl groups is 1. The molecule has 3 N–H and O–H groups in total. The average molecular weight is 498 g/mol. The van der Waals surface area contributed by atoms with Crippen LogP contribution in [0.3, 0.4) is 0 Å². The maximum Gasteiger partial charge on any atom is 0.148 e. The molecule has 2 aliphatic heterocycles. The van der Waals surface area contributed by atoms with Crippen molar-refractivity contribution in [2.45, 2.75) is 39.3 Å². The number of aromatic nitrogens is 2. The van der Waals surface area contributed by atoms with Crippen LogP contribution in [0.15, 0.2) is 30.5 Å². The Balaban J connectivity index is 1.72. The Morgan fingerprint density at radius 1 is 1.31 bits per heavy atom. The highest BCUT2D eigenvalue weighted by Gasteiger charge is 2.33. The first-order valence-electron chi connectivity index (χ1n) is 11.9. The monoisotopic (exact) mass is 497 g/mol. The fourth-order valence-electron chi connectivity index (χ4n) is 4.75. The molecule has 2 aromatic heterocycles. The second-order valence-corrected chi connectivity index (χ2v) is 9.75. The smallest absolute Gasteiger partial charge is 0.148 e. The van der Waals surface area contributed by atoms with Gasteiger partial charge in [-0.25, -0.2) is 9.37 Å². The molecule has 0 aliphatic carbocycles. The standard InChI is InChI=1S/C26H29ClFN5O2/c1-14(2)22-23(15(3)7-8-30-22)31-26-17-12-33-10-9-29-11-16(33)13-35-25(17)21(27)24(32-26)20-18(28)5-4-6-19(20)34/h4-8,14,16,29,34H,9-13H2,1-3H3,(H,31,32)/t16-/m1/s1. The van der Waals surface area contributed by atoms with E-state index in [0.717, 1.165) is 42.1 Å². The van der Waals surface area contributed by atoms with Crippen LogP contribution in [-0.2, 0) is 6.54 Å². The van der Waals surface area contributed by atoms with E-state index in [9.17, 15) is 9.50 Å². The number of hydrogen-bond acceptors (Lipinski definition) is 7. The second-order valence-electron chi connectivity index (χ2n) is 9.37. The maximum atomic E-state index is 14.9. The number of phenolic OH excluding ortho intramolecular Hbond substituents is 1. The summed E-state index contributed by atoms with van der Waals surface area (Å²) in [5.41, 5.74) is 3.65. The van der Waals surface area contributed by atoms with Crippen LogP contribution in [0.4, 0.5) is 15.9 Å². The molecular weight excluding hydrogens is 469 g/mol. The molecule has 0 saturated carbocycles. The molecule has 3 aromatic rings. The molecule has 4 heterocycles. The Morgan fingerprint density at radius 2 is 2.14 bits per heavy atom. The van der Waals surface area contributed by atoms with E-state index in [1.165, 1.54) is 18.2 Å². The van der Waals surface area contributed by atoms with Gasteiger partial charge in [0.2, 0.25) is 0 Å². The first-order chi connectivity index (χ1) is 16.8. The fraction of sp³-hybridized carbons (Fsp3) is 0.385. The molecule has 0 amide bonds. The summed E-state index contributed by atoms with van der Waals surface area (Å²) in [5, 5.41) is 17.6. The van der Waals surface area contributed by atoms with E-state index in [1.54, 1.807) is 6.20 Å². The lowest BCUT2D eigenvalue weighted by Crippen LogP contribution is -2.52. The number of halogens is 2. The third-order valence-electron chi connectivity index (χ3n) is 6.65. The van der Waals surface area contributed by atoms with Crippen LogP contribution in [0, 0.1) is 12.7 Å². The Labute approximate surface area is 209 Å². The lowest BCUT2D eigenvalue weighted by molar-refractivity contribution is 0.120. The summed E-state index contributed by atoms with van der Waals surface area (Å²) in [6.07, 6.45) is 1.79. The Kier molecular flexibility index (Phi) is 6.53. The van der Waals surface area contributed by atoms with Gasteiger partial charge in [-0.15, -0.1) is 0 Å². The van der Waals surface area contributed by atoms with Gasteiger partial charge < -0.3 is 20.5 Å². The predicted molar refractivity (Wildman–Crippen MR) is 135 cm³/mol. The van der Waals surface area contributed by atoms with Gasteiger partial charge in [0.05, 0.1) is 28.6 Å². The number of fused-ring (bicyclic) bond motifs is 2. The molecule has 1 saturated heterocycles. The van der Waals surface area contributed by atoms with E-state index >= 15 is 0 Å². The van der Waals surface area contributed by atoms with Gasteiger partial charge in [-0.1, -0.05) is 31.5 Å². The molecular formula is C26H29ClFN5O2. The van der Waals surface area contributed by atoms with Crippen molar-refractivity contribution in [3.8, 4) is 22.8 Å². The van der Waals surface area contributed by atoms with Crippen LogP contribution in [0.5, 0.6) is 11.5 Å². The summed E-state index contributed by atoms with van der Waals surface area (Å²) in [5.74, 6) is 0.303. The van der Waals surface area contributed by atoms with Crippen molar-refractivity contribution in [2.75, 3.05) is 31.6 Å². The Morgan fingerprint density at radius 3 is 2.91 bits per heavy atom. The third kappa shape index (κ3) is 4.42. The molecule has 1 fully saturated rings. The van der Waals surface area contributed by atoms with Crippen LogP contribution in [0.1, 0.15) is 36.6 Å². The number of nitrogens with zero attached hydrogens (tertiary/aromatic N) is 3. The van der Waals surface area contributed by atoms with Crippen molar-refractivity contribution in [3.05, 3.63) is 58.1 Å². The zero-order valence-corrected chi connectivity index (χ0v) is 20.8. The molecule has 1 aromatic carbocycles. The summed E-state index contributed by atoms with van der Waals surface area (Å²) in [7, 11) is 0. The number of phenols is 1. The zero-order valence-electron chi connectivity index (χ0n) is 20.0. The van der Waals surface area contributed by atoms with Crippen molar-refractivity contribution >= 4 is 23.1 Å². The Bertz CT molecular complexity index is 1250. The number of hydrogen-bond donors (Lipinski definition) is 3. The minimum Gasteiger partial charge on any atom is -0.507 e. The van der Waals surface area contributed by atoms with Gasteiger partial charge in [0.15, 0.2) is 0 Å². The van der Waals surface area contributed by atoms with Gasteiger partial charge in [-0.05, 0) is 36.6 Å². The lowest BCUT2D eigenvalue weighted by Gasteiger charge is -2.33. The van der Waals surface area contributed by atoms with Crippen LogP contribution in [0.25, 0.3) is 11.3 Å². The fourth-order valence-corrected chi connectivity index (χ4v) is 5.05. The van der Waals surface area contributed by atoms with Crippen LogP contribution in [-0.4, -0.2) is 52.3 Å². The average Bonchev–Trinajstić information content (AvgIpc) is 3.03. The quantitative estimate of drug-likeness (QED) is 0.468. The molecule has 0 bridgehead atoms. The minimum absolute atomic E-state index is 0.0532. The van der Waals surface area contributed by atoms with Crippen LogP contribution >= 0.6 is 11.6 Å². The summed E-state index contributed by atoms with van der Waals surface area (Å²) in [6, 6.07) is 6.26. The molecule has 35 heavy (non-hydrogen) atoms. The topological polar surface area (TPSA) is 82.5 Å². The Hall–Kier alpha value is -2.94. The molecule has 2 aliphatic rings. The number of anilines is 2. The van der Waals surface area contributed by atoms with Crippen LogP contribution < -0.4 is 15.4 Å². The van der Waals surface area contributed by atoms with E-state index in [4.69, 9.17) is 21.3 Å². The van der Waals surface area contributed by atoms with Gasteiger partial charge in [-0.2, -0.15) is 0 Å². The number of piperazine rings is 1. The first-order valence-corrected chi connectivity index (χ1v) is 12.2. The molecule has 5 rings (SSSR count). The third-order valence-corrected chi connectivity index (χ3v) is 7.00. The minimum atomic E-state index is -0.610.